The molecule has 1 heteroatoms. The Morgan fingerprint density at radius 2 is 2.06 bits per heavy atom. The number of aryl methyl sites for hydroxylation is 1. The van der Waals surface area contributed by atoms with E-state index in [1.54, 1.807) is 11.1 Å². The minimum absolute atomic E-state index is 0.785. The molecule has 0 radical (unpaired) electrons. The van der Waals surface area contributed by atoms with Crippen molar-refractivity contribution in [2.75, 3.05) is 13.1 Å². The van der Waals surface area contributed by atoms with Crippen molar-refractivity contribution >= 4 is 0 Å². The smallest absolute Gasteiger partial charge is 0.00147 e. The van der Waals surface area contributed by atoms with Crippen molar-refractivity contribution in [1.29, 1.82) is 0 Å². The van der Waals surface area contributed by atoms with Gasteiger partial charge in [0.1, 0.15) is 0 Å². The molecule has 0 spiro atoms. The molecule has 1 aromatic carbocycles. The quantitative estimate of drug-likeness (QED) is 0.832. The summed E-state index contributed by atoms with van der Waals surface area (Å²) in [6.45, 7) is 6.96. The Morgan fingerprint density at radius 1 is 1.24 bits per heavy atom. The summed E-state index contributed by atoms with van der Waals surface area (Å²) in [5, 5.41) is 3.56. The summed E-state index contributed by atoms with van der Waals surface area (Å²) in [6, 6.07) is 9.05. The molecule has 0 amide bonds. The zero-order valence-corrected chi connectivity index (χ0v) is 11.2. The van der Waals surface area contributed by atoms with Gasteiger partial charge in [0.25, 0.3) is 0 Å². The lowest BCUT2D eigenvalue weighted by molar-refractivity contribution is 0.305. The third kappa shape index (κ3) is 2.90. The lowest BCUT2D eigenvalue weighted by atomic mass is 9.77. The molecule has 1 heterocycles. The van der Waals surface area contributed by atoms with Gasteiger partial charge in [-0.05, 0) is 55.3 Å². The third-order valence-electron chi connectivity index (χ3n) is 4.10. The standard InChI is InChI=1S/C16H25N/c1-3-7-14-12-17-11-10-16(14)15-9-6-5-8-13(15)4-2/h5-6,8-9,14,16-17H,3-4,7,10-12H2,1-2H3. The van der Waals surface area contributed by atoms with Crippen LogP contribution >= 0.6 is 0 Å². The van der Waals surface area contributed by atoms with E-state index in [1.807, 2.05) is 0 Å². The van der Waals surface area contributed by atoms with Gasteiger partial charge in [-0.2, -0.15) is 0 Å². The molecule has 2 atom stereocenters. The predicted octanol–water partition coefficient (Wildman–Crippen LogP) is 3.74. The molecule has 0 aliphatic carbocycles. The molecule has 1 fully saturated rings. The molecular weight excluding hydrogens is 206 g/mol. The molecule has 0 saturated carbocycles. The number of piperidine rings is 1. The summed E-state index contributed by atoms with van der Waals surface area (Å²) >= 11 is 0. The second-order valence-electron chi connectivity index (χ2n) is 5.20. The van der Waals surface area contributed by atoms with Gasteiger partial charge in [-0.25, -0.2) is 0 Å². The van der Waals surface area contributed by atoms with Crippen molar-refractivity contribution in [3.05, 3.63) is 35.4 Å². The van der Waals surface area contributed by atoms with E-state index in [0.717, 1.165) is 11.8 Å². The highest BCUT2D eigenvalue weighted by Gasteiger charge is 2.26. The van der Waals surface area contributed by atoms with Gasteiger partial charge in [-0.3, -0.25) is 0 Å². The molecule has 1 N–H and O–H groups in total. The monoisotopic (exact) mass is 231 g/mol. The van der Waals surface area contributed by atoms with Crippen LogP contribution in [0, 0.1) is 5.92 Å². The van der Waals surface area contributed by atoms with Crippen molar-refractivity contribution < 1.29 is 0 Å². The molecule has 2 unspecified atom stereocenters. The third-order valence-corrected chi connectivity index (χ3v) is 4.10. The lowest BCUT2D eigenvalue weighted by Gasteiger charge is -2.33. The van der Waals surface area contributed by atoms with E-state index < -0.39 is 0 Å². The molecule has 1 aromatic rings. The molecule has 94 valence electrons. The van der Waals surface area contributed by atoms with Crippen molar-refractivity contribution in [1.82, 2.24) is 5.32 Å². The Balaban J connectivity index is 2.22. The lowest BCUT2D eigenvalue weighted by Crippen LogP contribution is -2.35. The largest absolute Gasteiger partial charge is 0.316 e. The molecule has 0 bridgehead atoms. The summed E-state index contributed by atoms with van der Waals surface area (Å²) in [5.41, 5.74) is 3.18. The first-order chi connectivity index (χ1) is 8.36. The van der Waals surface area contributed by atoms with Crippen LogP contribution in [0.1, 0.15) is 50.2 Å². The highest BCUT2D eigenvalue weighted by Crippen LogP contribution is 2.35. The van der Waals surface area contributed by atoms with E-state index in [-0.39, 0.29) is 0 Å². The van der Waals surface area contributed by atoms with Crippen LogP contribution in [0.3, 0.4) is 0 Å². The van der Waals surface area contributed by atoms with Crippen LogP contribution in [0.4, 0.5) is 0 Å². The van der Waals surface area contributed by atoms with Crippen LogP contribution in [0.25, 0.3) is 0 Å². The molecule has 1 aliphatic rings. The summed E-state index contributed by atoms with van der Waals surface area (Å²) < 4.78 is 0. The van der Waals surface area contributed by atoms with Gasteiger partial charge in [-0.15, -0.1) is 0 Å². The van der Waals surface area contributed by atoms with E-state index in [2.05, 4.69) is 43.4 Å². The summed E-state index contributed by atoms with van der Waals surface area (Å²) in [4.78, 5) is 0. The average Bonchev–Trinajstić information content (AvgIpc) is 2.40. The maximum atomic E-state index is 3.56. The minimum atomic E-state index is 0.785. The molecular formula is C16H25N. The summed E-state index contributed by atoms with van der Waals surface area (Å²) in [5.74, 6) is 1.62. The van der Waals surface area contributed by atoms with Crippen molar-refractivity contribution in [3.8, 4) is 0 Å². The fourth-order valence-electron chi connectivity index (χ4n) is 3.22. The zero-order valence-electron chi connectivity index (χ0n) is 11.2. The second kappa shape index (κ2) is 6.20. The normalized spacial score (nSPS) is 24.8. The fraction of sp³-hybridized carbons (Fsp3) is 0.625. The van der Waals surface area contributed by atoms with Crippen molar-refractivity contribution in [2.24, 2.45) is 5.92 Å². The maximum absolute atomic E-state index is 3.56. The van der Waals surface area contributed by atoms with Gasteiger partial charge in [0.2, 0.25) is 0 Å². The Morgan fingerprint density at radius 3 is 2.82 bits per heavy atom. The van der Waals surface area contributed by atoms with E-state index in [0.29, 0.717) is 0 Å². The summed E-state index contributed by atoms with van der Waals surface area (Å²) in [6.07, 6.45) is 5.13. The molecule has 0 aromatic heterocycles. The van der Waals surface area contributed by atoms with Crippen LogP contribution in [-0.2, 0) is 6.42 Å². The Hall–Kier alpha value is -0.820. The number of hydrogen-bond acceptors (Lipinski definition) is 1. The Kier molecular flexibility index (Phi) is 4.61. The van der Waals surface area contributed by atoms with Gasteiger partial charge >= 0.3 is 0 Å². The second-order valence-corrected chi connectivity index (χ2v) is 5.20. The van der Waals surface area contributed by atoms with E-state index >= 15 is 0 Å². The van der Waals surface area contributed by atoms with Gasteiger partial charge in [0, 0.05) is 0 Å². The van der Waals surface area contributed by atoms with Crippen molar-refractivity contribution in [3.63, 3.8) is 0 Å². The Bertz CT molecular complexity index is 343. The highest BCUT2D eigenvalue weighted by atomic mass is 14.9. The minimum Gasteiger partial charge on any atom is -0.316 e. The number of nitrogens with one attached hydrogen (secondary N) is 1. The Labute approximate surface area is 106 Å². The average molecular weight is 231 g/mol. The first-order valence-electron chi connectivity index (χ1n) is 7.15. The first-order valence-corrected chi connectivity index (χ1v) is 7.15. The van der Waals surface area contributed by atoms with Crippen LogP contribution < -0.4 is 5.32 Å². The molecule has 1 saturated heterocycles. The van der Waals surface area contributed by atoms with E-state index in [1.165, 1.54) is 38.8 Å². The first kappa shape index (κ1) is 12.6. The van der Waals surface area contributed by atoms with Gasteiger partial charge in [0.05, 0.1) is 0 Å². The van der Waals surface area contributed by atoms with E-state index in [9.17, 15) is 0 Å². The molecule has 1 aliphatic heterocycles. The fourth-order valence-corrected chi connectivity index (χ4v) is 3.22. The van der Waals surface area contributed by atoms with Crippen LogP contribution in [-0.4, -0.2) is 13.1 Å². The van der Waals surface area contributed by atoms with Gasteiger partial charge < -0.3 is 5.32 Å². The van der Waals surface area contributed by atoms with Crippen molar-refractivity contribution in [2.45, 2.75) is 45.4 Å². The number of rotatable bonds is 4. The summed E-state index contributed by atoms with van der Waals surface area (Å²) in [7, 11) is 0. The van der Waals surface area contributed by atoms with Gasteiger partial charge in [0.15, 0.2) is 0 Å². The number of benzene rings is 1. The van der Waals surface area contributed by atoms with Crippen LogP contribution in [0.2, 0.25) is 0 Å². The van der Waals surface area contributed by atoms with Crippen LogP contribution in [0.15, 0.2) is 24.3 Å². The van der Waals surface area contributed by atoms with E-state index in [4.69, 9.17) is 0 Å². The SMILES string of the molecule is CCCC1CNCCC1c1ccccc1CC. The molecule has 17 heavy (non-hydrogen) atoms. The molecule has 1 nitrogen and oxygen atoms in total. The molecule has 2 rings (SSSR count). The predicted molar refractivity (Wildman–Crippen MR) is 74.4 cm³/mol. The van der Waals surface area contributed by atoms with Gasteiger partial charge in [-0.1, -0.05) is 44.5 Å². The highest BCUT2D eigenvalue weighted by molar-refractivity contribution is 5.31. The van der Waals surface area contributed by atoms with Crippen LogP contribution in [0.5, 0.6) is 0 Å². The topological polar surface area (TPSA) is 12.0 Å². The zero-order chi connectivity index (χ0) is 12.1. The number of hydrogen-bond donors (Lipinski definition) is 1. The maximum Gasteiger partial charge on any atom is -0.00147 e.